The summed E-state index contributed by atoms with van der Waals surface area (Å²) < 4.78 is 15.0. The van der Waals surface area contributed by atoms with Crippen molar-refractivity contribution in [2.45, 2.75) is 20.4 Å². The van der Waals surface area contributed by atoms with Gasteiger partial charge < -0.3 is 5.32 Å². The number of nitrogens with zero attached hydrogens (tertiary/aromatic N) is 3. The Hall–Kier alpha value is -3.80. The van der Waals surface area contributed by atoms with Crippen LogP contribution in [0, 0.1) is 19.7 Å². The summed E-state index contributed by atoms with van der Waals surface area (Å²) in [6.07, 6.45) is 3.40. The zero-order chi connectivity index (χ0) is 21.1. The van der Waals surface area contributed by atoms with Gasteiger partial charge in [-0.05, 0) is 73.0 Å². The predicted molar refractivity (Wildman–Crippen MR) is 114 cm³/mol. The quantitative estimate of drug-likeness (QED) is 0.532. The Morgan fingerprint density at radius 1 is 1.07 bits per heavy atom. The third-order valence-corrected chi connectivity index (χ3v) is 4.85. The van der Waals surface area contributed by atoms with Gasteiger partial charge in [0.05, 0.1) is 11.4 Å². The Morgan fingerprint density at radius 3 is 2.60 bits per heavy atom. The number of aromatic nitrogens is 3. The van der Waals surface area contributed by atoms with Gasteiger partial charge in [-0.25, -0.2) is 9.07 Å². The van der Waals surface area contributed by atoms with Crippen LogP contribution in [0.2, 0.25) is 0 Å². The monoisotopic (exact) mass is 400 g/mol. The van der Waals surface area contributed by atoms with E-state index in [4.69, 9.17) is 0 Å². The zero-order valence-electron chi connectivity index (χ0n) is 16.8. The molecule has 0 aliphatic heterocycles. The highest BCUT2D eigenvalue weighted by atomic mass is 19.1. The molecular weight excluding hydrogens is 379 g/mol. The van der Waals surface area contributed by atoms with Crippen LogP contribution < -0.4 is 5.32 Å². The second kappa shape index (κ2) is 8.29. The number of halogens is 1. The van der Waals surface area contributed by atoms with Gasteiger partial charge in [0.25, 0.3) is 5.91 Å². The zero-order valence-corrected chi connectivity index (χ0v) is 16.8. The highest BCUT2D eigenvalue weighted by molar-refractivity contribution is 5.94. The van der Waals surface area contributed by atoms with Crippen LogP contribution in [-0.2, 0) is 6.54 Å². The second-order valence-electron chi connectivity index (χ2n) is 7.17. The maximum absolute atomic E-state index is 13.3. The van der Waals surface area contributed by atoms with Crippen molar-refractivity contribution in [2.75, 3.05) is 0 Å². The molecule has 1 amide bonds. The molecule has 2 aromatic carbocycles. The number of rotatable bonds is 5. The van der Waals surface area contributed by atoms with Crippen LogP contribution in [0.5, 0.6) is 0 Å². The van der Waals surface area contributed by atoms with E-state index in [0.717, 1.165) is 27.9 Å². The van der Waals surface area contributed by atoms with Gasteiger partial charge in [-0.2, -0.15) is 5.10 Å². The standard InChI is InChI=1S/C24H21FN4O/c1-16-5-6-17(2)22(12-16)29-23(24(30)27-15-18-4-3-11-26-14-18)13-21(28-29)19-7-9-20(25)10-8-19/h3-14H,15H2,1-2H3,(H,27,30). The number of nitrogens with one attached hydrogen (secondary N) is 1. The number of benzene rings is 2. The summed E-state index contributed by atoms with van der Waals surface area (Å²) in [5.74, 6) is -0.567. The maximum atomic E-state index is 13.3. The fourth-order valence-corrected chi connectivity index (χ4v) is 3.21. The summed E-state index contributed by atoms with van der Waals surface area (Å²) >= 11 is 0. The number of carbonyl (C=O) groups excluding carboxylic acids is 1. The lowest BCUT2D eigenvalue weighted by Gasteiger charge is -2.11. The van der Waals surface area contributed by atoms with Crippen LogP contribution in [-0.4, -0.2) is 20.7 Å². The van der Waals surface area contributed by atoms with Gasteiger partial charge in [0, 0.05) is 24.5 Å². The first-order chi connectivity index (χ1) is 14.5. The van der Waals surface area contributed by atoms with E-state index in [2.05, 4.69) is 15.4 Å². The molecule has 6 heteroatoms. The molecule has 4 aromatic rings. The Bertz CT molecular complexity index is 1180. The van der Waals surface area contributed by atoms with Gasteiger partial charge >= 0.3 is 0 Å². The normalized spacial score (nSPS) is 10.8. The topological polar surface area (TPSA) is 59.8 Å². The van der Waals surface area contributed by atoms with Crippen LogP contribution >= 0.6 is 0 Å². The highest BCUT2D eigenvalue weighted by Gasteiger charge is 2.19. The molecule has 0 aliphatic carbocycles. The lowest BCUT2D eigenvalue weighted by molar-refractivity contribution is 0.0943. The molecular formula is C24H21FN4O. The van der Waals surface area contributed by atoms with E-state index in [1.54, 1.807) is 35.3 Å². The van der Waals surface area contributed by atoms with Crippen molar-refractivity contribution in [1.29, 1.82) is 0 Å². The minimum Gasteiger partial charge on any atom is -0.347 e. The highest BCUT2D eigenvalue weighted by Crippen LogP contribution is 2.24. The second-order valence-corrected chi connectivity index (χ2v) is 7.17. The van der Waals surface area contributed by atoms with Crippen LogP contribution in [0.1, 0.15) is 27.2 Å². The average Bonchev–Trinajstić information content (AvgIpc) is 3.20. The predicted octanol–water partition coefficient (Wildman–Crippen LogP) is 4.62. The van der Waals surface area contributed by atoms with Crippen molar-refractivity contribution in [3.8, 4) is 16.9 Å². The molecule has 0 unspecified atom stereocenters. The molecule has 1 N–H and O–H groups in total. The molecule has 0 saturated carbocycles. The summed E-state index contributed by atoms with van der Waals surface area (Å²) in [4.78, 5) is 17.1. The molecule has 2 aromatic heterocycles. The number of amides is 1. The van der Waals surface area contributed by atoms with Crippen molar-refractivity contribution >= 4 is 5.91 Å². The van der Waals surface area contributed by atoms with Gasteiger partial charge in [0.15, 0.2) is 0 Å². The molecule has 0 bridgehead atoms. The summed E-state index contributed by atoms with van der Waals surface area (Å²) in [6.45, 7) is 4.33. The maximum Gasteiger partial charge on any atom is 0.270 e. The Kier molecular flexibility index (Phi) is 5.39. The largest absolute Gasteiger partial charge is 0.347 e. The Morgan fingerprint density at radius 2 is 1.87 bits per heavy atom. The van der Waals surface area contributed by atoms with Crippen LogP contribution in [0.15, 0.2) is 73.1 Å². The first-order valence-corrected chi connectivity index (χ1v) is 9.62. The van der Waals surface area contributed by atoms with Gasteiger partial charge in [-0.3, -0.25) is 9.78 Å². The van der Waals surface area contributed by atoms with E-state index in [1.807, 2.05) is 44.2 Å². The molecule has 0 fully saturated rings. The molecule has 30 heavy (non-hydrogen) atoms. The summed E-state index contributed by atoms with van der Waals surface area (Å²) in [5, 5.41) is 7.61. The first kappa shape index (κ1) is 19.5. The smallest absolute Gasteiger partial charge is 0.270 e. The van der Waals surface area contributed by atoms with Gasteiger partial charge in [0.1, 0.15) is 11.5 Å². The molecule has 4 rings (SSSR count). The van der Waals surface area contributed by atoms with E-state index in [9.17, 15) is 9.18 Å². The number of hydrogen-bond acceptors (Lipinski definition) is 3. The molecule has 5 nitrogen and oxygen atoms in total. The molecule has 0 aliphatic rings. The molecule has 150 valence electrons. The lowest BCUT2D eigenvalue weighted by Crippen LogP contribution is -2.25. The van der Waals surface area contributed by atoms with Crippen molar-refractivity contribution in [3.63, 3.8) is 0 Å². The minimum absolute atomic E-state index is 0.249. The van der Waals surface area contributed by atoms with E-state index >= 15 is 0 Å². The first-order valence-electron chi connectivity index (χ1n) is 9.62. The molecule has 2 heterocycles. The van der Waals surface area contributed by atoms with E-state index in [0.29, 0.717) is 17.9 Å². The van der Waals surface area contributed by atoms with Crippen molar-refractivity contribution in [2.24, 2.45) is 0 Å². The van der Waals surface area contributed by atoms with E-state index in [1.165, 1.54) is 12.1 Å². The number of carbonyl (C=O) groups is 1. The third kappa shape index (κ3) is 4.12. The third-order valence-electron chi connectivity index (χ3n) is 4.85. The number of aryl methyl sites for hydroxylation is 2. The summed E-state index contributed by atoms with van der Waals surface area (Å²) in [7, 11) is 0. The SMILES string of the molecule is Cc1ccc(C)c(-n2nc(-c3ccc(F)cc3)cc2C(=O)NCc2cccnc2)c1. The lowest BCUT2D eigenvalue weighted by atomic mass is 10.1. The van der Waals surface area contributed by atoms with Gasteiger partial charge in [0.2, 0.25) is 0 Å². The summed E-state index contributed by atoms with van der Waals surface area (Å²) in [6, 6.07) is 17.6. The molecule has 0 atom stereocenters. The van der Waals surface area contributed by atoms with Gasteiger partial charge in [-0.15, -0.1) is 0 Å². The molecule has 0 spiro atoms. The number of pyridine rings is 1. The van der Waals surface area contributed by atoms with E-state index in [-0.39, 0.29) is 11.7 Å². The van der Waals surface area contributed by atoms with Crippen molar-refractivity contribution in [1.82, 2.24) is 20.1 Å². The number of hydrogen-bond donors (Lipinski definition) is 1. The van der Waals surface area contributed by atoms with Crippen LogP contribution in [0.3, 0.4) is 0 Å². The van der Waals surface area contributed by atoms with Crippen LogP contribution in [0.25, 0.3) is 16.9 Å². The average molecular weight is 400 g/mol. The van der Waals surface area contributed by atoms with Crippen molar-refractivity contribution in [3.05, 3.63) is 101 Å². The fraction of sp³-hybridized carbons (Fsp3) is 0.125. The van der Waals surface area contributed by atoms with Crippen molar-refractivity contribution < 1.29 is 9.18 Å². The van der Waals surface area contributed by atoms with E-state index < -0.39 is 0 Å². The van der Waals surface area contributed by atoms with Crippen LogP contribution in [0.4, 0.5) is 4.39 Å². The fourth-order valence-electron chi connectivity index (χ4n) is 3.21. The molecule has 0 radical (unpaired) electrons. The summed E-state index contributed by atoms with van der Waals surface area (Å²) in [5.41, 5.74) is 5.54. The molecule has 0 saturated heterocycles. The Labute approximate surface area is 174 Å². The van der Waals surface area contributed by atoms with Gasteiger partial charge in [-0.1, -0.05) is 18.2 Å². The minimum atomic E-state index is -0.317. The Balaban J connectivity index is 1.74.